The number of rotatable bonds is 3. The van der Waals surface area contributed by atoms with Crippen LogP contribution in [0.5, 0.6) is 0 Å². The predicted molar refractivity (Wildman–Crippen MR) is 58.5 cm³/mol. The molecule has 0 aliphatic carbocycles. The van der Waals surface area contributed by atoms with Crippen LogP contribution in [0, 0.1) is 5.82 Å². The third-order valence-corrected chi connectivity index (χ3v) is 2.29. The van der Waals surface area contributed by atoms with Gasteiger partial charge in [0.05, 0.1) is 11.9 Å². The molecule has 0 amide bonds. The Hall–Kier alpha value is -2.21. The number of aromatic nitrogens is 2. The molecule has 1 aromatic carbocycles. The van der Waals surface area contributed by atoms with Gasteiger partial charge >= 0.3 is 5.97 Å². The van der Waals surface area contributed by atoms with E-state index in [-0.39, 0.29) is 11.6 Å². The Labute approximate surface area is 96.1 Å². The molecule has 1 unspecified atom stereocenters. The summed E-state index contributed by atoms with van der Waals surface area (Å²) in [6.07, 6.45) is 1.42. The first-order valence-electron chi connectivity index (χ1n) is 4.87. The fraction of sp³-hybridized carbons (Fsp3) is 0.0909. The van der Waals surface area contributed by atoms with Gasteiger partial charge in [0, 0.05) is 5.56 Å². The first kappa shape index (κ1) is 11.3. The number of halogens is 1. The molecule has 1 atom stereocenters. The summed E-state index contributed by atoms with van der Waals surface area (Å²) in [6, 6.07) is 4.68. The summed E-state index contributed by atoms with van der Waals surface area (Å²) in [5.41, 5.74) is 6.50. The van der Waals surface area contributed by atoms with Gasteiger partial charge in [0.2, 0.25) is 0 Å². The van der Waals surface area contributed by atoms with Crippen LogP contribution in [-0.4, -0.2) is 21.0 Å². The second-order valence-electron chi connectivity index (χ2n) is 3.51. The SMILES string of the molecule is NC(C(=O)O)c1ncc(-c2cccc(F)c2)[nH]1. The number of aliphatic carboxylic acids is 1. The maximum atomic E-state index is 13.0. The van der Waals surface area contributed by atoms with Crippen molar-refractivity contribution < 1.29 is 14.3 Å². The van der Waals surface area contributed by atoms with E-state index in [4.69, 9.17) is 10.8 Å². The smallest absolute Gasteiger partial charge is 0.328 e. The van der Waals surface area contributed by atoms with Gasteiger partial charge in [-0.3, -0.25) is 4.79 Å². The molecule has 0 saturated heterocycles. The molecule has 5 nitrogen and oxygen atoms in total. The number of nitrogens with one attached hydrogen (secondary N) is 1. The number of carboxylic acid groups (broad SMARTS) is 1. The fourth-order valence-corrected chi connectivity index (χ4v) is 1.41. The van der Waals surface area contributed by atoms with Gasteiger partial charge in [-0.1, -0.05) is 12.1 Å². The van der Waals surface area contributed by atoms with Crippen LogP contribution >= 0.6 is 0 Å². The number of imidazole rings is 1. The van der Waals surface area contributed by atoms with E-state index < -0.39 is 12.0 Å². The zero-order valence-corrected chi connectivity index (χ0v) is 8.72. The molecule has 1 aromatic heterocycles. The van der Waals surface area contributed by atoms with E-state index in [1.165, 1.54) is 18.3 Å². The first-order chi connectivity index (χ1) is 8.08. The van der Waals surface area contributed by atoms with Gasteiger partial charge < -0.3 is 15.8 Å². The van der Waals surface area contributed by atoms with Crippen molar-refractivity contribution in [2.45, 2.75) is 6.04 Å². The van der Waals surface area contributed by atoms with Crippen LogP contribution in [0.15, 0.2) is 30.5 Å². The van der Waals surface area contributed by atoms with Crippen LogP contribution in [0.3, 0.4) is 0 Å². The highest BCUT2D eigenvalue weighted by atomic mass is 19.1. The molecule has 0 aliphatic rings. The van der Waals surface area contributed by atoms with E-state index in [2.05, 4.69) is 9.97 Å². The van der Waals surface area contributed by atoms with Crippen molar-refractivity contribution in [3.05, 3.63) is 42.1 Å². The lowest BCUT2D eigenvalue weighted by Crippen LogP contribution is -2.21. The number of H-pyrrole nitrogens is 1. The van der Waals surface area contributed by atoms with Crippen molar-refractivity contribution in [1.29, 1.82) is 0 Å². The predicted octanol–water partition coefficient (Wildman–Crippen LogP) is 1.30. The van der Waals surface area contributed by atoms with Crippen molar-refractivity contribution in [3.8, 4) is 11.3 Å². The number of nitrogens with two attached hydrogens (primary N) is 1. The summed E-state index contributed by atoms with van der Waals surface area (Å²) in [7, 11) is 0. The Morgan fingerprint density at radius 2 is 2.29 bits per heavy atom. The van der Waals surface area contributed by atoms with Gasteiger partial charge in [0.1, 0.15) is 11.6 Å². The minimum atomic E-state index is -1.21. The summed E-state index contributed by atoms with van der Waals surface area (Å²) in [5.74, 6) is -1.41. The number of hydrogen-bond acceptors (Lipinski definition) is 3. The van der Waals surface area contributed by atoms with E-state index in [0.717, 1.165) is 0 Å². The number of carbonyl (C=O) groups is 1. The molecule has 4 N–H and O–H groups in total. The minimum absolute atomic E-state index is 0.136. The Bertz CT molecular complexity index is 553. The van der Waals surface area contributed by atoms with Gasteiger partial charge in [-0.15, -0.1) is 0 Å². The average molecular weight is 235 g/mol. The van der Waals surface area contributed by atoms with Crippen LogP contribution in [0.2, 0.25) is 0 Å². The highest BCUT2D eigenvalue weighted by Gasteiger charge is 2.17. The largest absolute Gasteiger partial charge is 0.480 e. The maximum Gasteiger partial charge on any atom is 0.328 e. The maximum absolute atomic E-state index is 13.0. The Kier molecular flexibility index (Phi) is 2.88. The number of carboxylic acids is 1. The van der Waals surface area contributed by atoms with Crippen molar-refractivity contribution in [2.75, 3.05) is 0 Å². The van der Waals surface area contributed by atoms with Crippen LogP contribution in [-0.2, 0) is 4.79 Å². The van der Waals surface area contributed by atoms with E-state index in [9.17, 15) is 9.18 Å². The topological polar surface area (TPSA) is 92.0 Å². The van der Waals surface area contributed by atoms with Crippen LogP contribution in [0.25, 0.3) is 11.3 Å². The van der Waals surface area contributed by atoms with Crippen molar-refractivity contribution in [3.63, 3.8) is 0 Å². The molecule has 0 radical (unpaired) electrons. The first-order valence-corrected chi connectivity index (χ1v) is 4.87. The number of hydrogen-bond donors (Lipinski definition) is 3. The molecule has 88 valence electrons. The lowest BCUT2D eigenvalue weighted by molar-refractivity contribution is -0.138. The Morgan fingerprint density at radius 3 is 2.94 bits per heavy atom. The van der Waals surface area contributed by atoms with E-state index in [0.29, 0.717) is 11.3 Å². The van der Waals surface area contributed by atoms with Crippen LogP contribution in [0.4, 0.5) is 4.39 Å². The van der Waals surface area contributed by atoms with E-state index in [1.807, 2.05) is 0 Å². The molecule has 0 aliphatic heterocycles. The summed E-state index contributed by atoms with van der Waals surface area (Å²) >= 11 is 0. The quantitative estimate of drug-likeness (QED) is 0.747. The van der Waals surface area contributed by atoms with Gasteiger partial charge in [0.15, 0.2) is 6.04 Å². The molecule has 0 fully saturated rings. The van der Waals surface area contributed by atoms with Crippen LogP contribution in [0.1, 0.15) is 11.9 Å². The van der Waals surface area contributed by atoms with Gasteiger partial charge in [-0.05, 0) is 12.1 Å². The summed E-state index contributed by atoms with van der Waals surface area (Å²) in [5, 5.41) is 8.71. The van der Waals surface area contributed by atoms with Gasteiger partial charge in [-0.25, -0.2) is 9.37 Å². The highest BCUT2D eigenvalue weighted by Crippen LogP contribution is 2.19. The van der Waals surface area contributed by atoms with E-state index in [1.54, 1.807) is 12.1 Å². The average Bonchev–Trinajstić information content (AvgIpc) is 2.77. The second-order valence-corrected chi connectivity index (χ2v) is 3.51. The monoisotopic (exact) mass is 235 g/mol. The normalized spacial score (nSPS) is 12.4. The molecule has 1 heterocycles. The van der Waals surface area contributed by atoms with Crippen molar-refractivity contribution >= 4 is 5.97 Å². The van der Waals surface area contributed by atoms with E-state index >= 15 is 0 Å². The zero-order chi connectivity index (χ0) is 12.4. The Balaban J connectivity index is 2.33. The zero-order valence-electron chi connectivity index (χ0n) is 8.72. The summed E-state index contributed by atoms with van der Waals surface area (Å²) in [6.45, 7) is 0. The molecule has 0 bridgehead atoms. The third-order valence-electron chi connectivity index (χ3n) is 2.29. The third kappa shape index (κ3) is 2.31. The lowest BCUT2D eigenvalue weighted by Gasteiger charge is -2.01. The summed E-state index contributed by atoms with van der Waals surface area (Å²) < 4.78 is 13.0. The molecule has 0 saturated carbocycles. The lowest BCUT2D eigenvalue weighted by atomic mass is 10.2. The molecule has 17 heavy (non-hydrogen) atoms. The van der Waals surface area contributed by atoms with Crippen molar-refractivity contribution in [2.24, 2.45) is 5.73 Å². The molecule has 2 rings (SSSR count). The van der Waals surface area contributed by atoms with Crippen LogP contribution < -0.4 is 5.73 Å². The molecular formula is C11H10FN3O2. The van der Waals surface area contributed by atoms with Gasteiger partial charge in [-0.2, -0.15) is 0 Å². The standard InChI is InChI=1S/C11H10FN3O2/c12-7-3-1-2-6(4-7)8-5-14-10(15-8)9(13)11(16)17/h1-5,9H,13H2,(H,14,15)(H,16,17). The number of aromatic amines is 1. The van der Waals surface area contributed by atoms with Gasteiger partial charge in [0.25, 0.3) is 0 Å². The Morgan fingerprint density at radius 1 is 1.53 bits per heavy atom. The molecule has 6 heteroatoms. The second kappa shape index (κ2) is 4.34. The fourth-order valence-electron chi connectivity index (χ4n) is 1.41. The molecular weight excluding hydrogens is 225 g/mol. The molecule has 0 spiro atoms. The molecule has 2 aromatic rings. The van der Waals surface area contributed by atoms with Crippen molar-refractivity contribution in [1.82, 2.24) is 9.97 Å². The minimum Gasteiger partial charge on any atom is -0.480 e. The highest BCUT2D eigenvalue weighted by molar-refractivity contribution is 5.74. The summed E-state index contributed by atoms with van der Waals surface area (Å²) in [4.78, 5) is 17.3. The number of benzene rings is 1. The number of nitrogens with zero attached hydrogens (tertiary/aromatic N) is 1.